The van der Waals surface area contributed by atoms with Crippen LogP contribution in [0.2, 0.25) is 0 Å². The normalized spacial score (nSPS) is 15.1. The molecule has 0 amide bonds. The van der Waals surface area contributed by atoms with E-state index in [0.717, 1.165) is 5.56 Å². The Labute approximate surface area is 105 Å². The summed E-state index contributed by atoms with van der Waals surface area (Å²) in [6.07, 6.45) is 3.70. The lowest BCUT2D eigenvalue weighted by molar-refractivity contribution is -0.146. The molecule has 0 bridgehead atoms. The first-order valence-corrected chi connectivity index (χ1v) is 5.48. The van der Waals surface area contributed by atoms with Crippen LogP contribution in [0.15, 0.2) is 48.2 Å². The van der Waals surface area contributed by atoms with Crippen LogP contribution in [-0.2, 0) is 19.1 Å². The molecule has 0 spiro atoms. The second-order valence-electron chi connectivity index (χ2n) is 3.67. The van der Waals surface area contributed by atoms with E-state index >= 15 is 0 Å². The first kappa shape index (κ1) is 12.1. The summed E-state index contributed by atoms with van der Waals surface area (Å²) < 4.78 is 9.54. The summed E-state index contributed by atoms with van der Waals surface area (Å²) in [5.41, 5.74) is 1.22. The third-order valence-electron chi connectivity index (χ3n) is 2.52. The molecule has 0 saturated carbocycles. The molecule has 1 aromatic carbocycles. The Morgan fingerprint density at radius 1 is 1.22 bits per heavy atom. The summed E-state index contributed by atoms with van der Waals surface area (Å²) in [6, 6.07) is 9.17. The lowest BCUT2D eigenvalue weighted by Crippen LogP contribution is -2.13. The maximum Gasteiger partial charge on any atom is 0.373 e. The van der Waals surface area contributed by atoms with Crippen LogP contribution in [0, 0.1) is 0 Å². The number of methoxy groups -OCH3 is 1. The number of cyclic esters (lactones) is 1. The second kappa shape index (κ2) is 5.31. The van der Waals surface area contributed by atoms with E-state index in [0.29, 0.717) is 12.0 Å². The maximum atomic E-state index is 11.9. The van der Waals surface area contributed by atoms with Gasteiger partial charge in [0.15, 0.2) is 0 Å². The molecule has 0 saturated heterocycles. The molecule has 92 valence electrons. The first-order chi connectivity index (χ1) is 8.72. The molecule has 0 atom stereocenters. The molecule has 0 radical (unpaired) electrons. The quantitative estimate of drug-likeness (QED) is 0.747. The summed E-state index contributed by atoms with van der Waals surface area (Å²) in [5, 5.41) is 0. The topological polar surface area (TPSA) is 52.6 Å². The highest BCUT2D eigenvalue weighted by molar-refractivity contribution is 6.18. The van der Waals surface area contributed by atoms with E-state index < -0.39 is 11.9 Å². The minimum atomic E-state index is -0.647. The van der Waals surface area contributed by atoms with Crippen molar-refractivity contribution in [3.05, 3.63) is 53.8 Å². The molecule has 1 aromatic rings. The molecule has 1 aliphatic rings. The van der Waals surface area contributed by atoms with Crippen LogP contribution < -0.4 is 0 Å². The fraction of sp³-hybridized carbons (Fsp3) is 0.143. The maximum absolute atomic E-state index is 11.9. The Morgan fingerprint density at radius 3 is 2.61 bits per heavy atom. The van der Waals surface area contributed by atoms with E-state index in [1.165, 1.54) is 13.2 Å². The average Bonchev–Trinajstić information content (AvgIpc) is 2.60. The van der Waals surface area contributed by atoms with Crippen LogP contribution in [0.3, 0.4) is 0 Å². The molecule has 0 N–H and O–H groups in total. The number of allylic oxidation sites excluding steroid dienone is 2. The van der Waals surface area contributed by atoms with Gasteiger partial charge in [0.05, 0.1) is 12.7 Å². The summed E-state index contributed by atoms with van der Waals surface area (Å²) in [5.74, 6) is -1.26. The molecular weight excluding hydrogens is 232 g/mol. The van der Waals surface area contributed by atoms with E-state index in [2.05, 4.69) is 4.74 Å². The van der Waals surface area contributed by atoms with Gasteiger partial charge in [0, 0.05) is 0 Å². The Balaban J connectivity index is 2.23. The van der Waals surface area contributed by atoms with E-state index in [9.17, 15) is 9.59 Å². The van der Waals surface area contributed by atoms with Crippen molar-refractivity contribution >= 4 is 17.5 Å². The zero-order valence-corrected chi connectivity index (χ0v) is 9.88. The molecule has 0 unspecified atom stereocenters. The fourth-order valence-corrected chi connectivity index (χ4v) is 1.64. The number of benzene rings is 1. The molecule has 1 aliphatic heterocycles. The van der Waals surface area contributed by atoms with E-state index in [4.69, 9.17) is 4.74 Å². The number of rotatable bonds is 2. The van der Waals surface area contributed by atoms with Crippen molar-refractivity contribution in [3.63, 3.8) is 0 Å². The molecule has 4 nitrogen and oxygen atoms in total. The molecule has 0 fully saturated rings. The van der Waals surface area contributed by atoms with Crippen LogP contribution in [0.25, 0.3) is 5.57 Å². The lowest BCUT2D eigenvalue weighted by Gasteiger charge is -2.07. The molecule has 2 rings (SSSR count). The number of carbonyl (C=O) groups excluding carboxylic acids is 2. The number of ether oxygens (including phenoxy) is 2. The van der Waals surface area contributed by atoms with Gasteiger partial charge >= 0.3 is 11.9 Å². The molecule has 0 aliphatic carbocycles. The third kappa shape index (κ3) is 2.48. The van der Waals surface area contributed by atoms with Crippen molar-refractivity contribution in [3.8, 4) is 0 Å². The third-order valence-corrected chi connectivity index (χ3v) is 2.52. The summed E-state index contributed by atoms with van der Waals surface area (Å²) in [6.45, 7) is 0. The van der Waals surface area contributed by atoms with Crippen molar-refractivity contribution in [2.24, 2.45) is 0 Å². The van der Waals surface area contributed by atoms with Gasteiger partial charge in [-0.15, -0.1) is 0 Å². The highest BCUT2D eigenvalue weighted by Crippen LogP contribution is 2.21. The van der Waals surface area contributed by atoms with Gasteiger partial charge in [-0.2, -0.15) is 0 Å². The first-order valence-electron chi connectivity index (χ1n) is 5.48. The Hall–Kier alpha value is -2.36. The summed E-state index contributed by atoms with van der Waals surface area (Å²) in [7, 11) is 1.24. The van der Waals surface area contributed by atoms with Gasteiger partial charge in [0.2, 0.25) is 5.76 Å². The van der Waals surface area contributed by atoms with Gasteiger partial charge in [0.25, 0.3) is 0 Å². The zero-order valence-electron chi connectivity index (χ0n) is 9.88. The molecule has 4 heteroatoms. The van der Waals surface area contributed by atoms with Crippen LogP contribution in [0.5, 0.6) is 0 Å². The average molecular weight is 244 g/mol. The number of hydrogen-bond donors (Lipinski definition) is 0. The molecule has 1 heterocycles. The number of hydrogen-bond acceptors (Lipinski definition) is 4. The second-order valence-corrected chi connectivity index (χ2v) is 3.67. The van der Waals surface area contributed by atoms with Gasteiger partial charge in [0.1, 0.15) is 0 Å². The number of carbonyl (C=O) groups is 2. The van der Waals surface area contributed by atoms with E-state index in [1.54, 1.807) is 6.08 Å². The van der Waals surface area contributed by atoms with Crippen molar-refractivity contribution in [1.82, 2.24) is 0 Å². The predicted molar refractivity (Wildman–Crippen MR) is 65.2 cm³/mol. The van der Waals surface area contributed by atoms with Crippen molar-refractivity contribution in [1.29, 1.82) is 0 Å². The van der Waals surface area contributed by atoms with Crippen LogP contribution in [0.4, 0.5) is 0 Å². The van der Waals surface area contributed by atoms with Crippen LogP contribution >= 0.6 is 0 Å². The fourth-order valence-electron chi connectivity index (χ4n) is 1.64. The Bertz CT molecular complexity index is 526. The van der Waals surface area contributed by atoms with Crippen molar-refractivity contribution in [2.45, 2.75) is 6.42 Å². The summed E-state index contributed by atoms with van der Waals surface area (Å²) in [4.78, 5) is 23.2. The van der Waals surface area contributed by atoms with Gasteiger partial charge in [-0.3, -0.25) is 0 Å². The highest BCUT2D eigenvalue weighted by atomic mass is 16.6. The molecule has 0 aromatic heterocycles. The monoisotopic (exact) mass is 244 g/mol. The largest absolute Gasteiger partial charge is 0.463 e. The van der Waals surface area contributed by atoms with Crippen molar-refractivity contribution < 1.29 is 19.1 Å². The van der Waals surface area contributed by atoms with E-state index in [-0.39, 0.29) is 5.76 Å². The van der Waals surface area contributed by atoms with Gasteiger partial charge in [-0.05, 0) is 18.1 Å². The standard InChI is InChI=1S/C14H12O4/c1-17-14(16)12-9-5-8-11(13(15)18-12)10-6-3-2-4-7-10/h2-4,6-9H,5H2,1H3. The van der Waals surface area contributed by atoms with Crippen LogP contribution in [0.1, 0.15) is 12.0 Å². The minimum absolute atomic E-state index is 0.0651. The number of esters is 2. The van der Waals surface area contributed by atoms with Crippen LogP contribution in [-0.4, -0.2) is 19.0 Å². The Morgan fingerprint density at radius 2 is 1.94 bits per heavy atom. The molecule has 18 heavy (non-hydrogen) atoms. The van der Waals surface area contributed by atoms with Gasteiger partial charge in [-0.25, -0.2) is 9.59 Å². The highest BCUT2D eigenvalue weighted by Gasteiger charge is 2.22. The minimum Gasteiger partial charge on any atom is -0.463 e. The lowest BCUT2D eigenvalue weighted by atomic mass is 10.1. The SMILES string of the molecule is COC(=O)C1=CCC=C(c2ccccc2)C(=O)O1. The smallest absolute Gasteiger partial charge is 0.373 e. The Kier molecular flexibility index (Phi) is 3.57. The van der Waals surface area contributed by atoms with Crippen molar-refractivity contribution in [2.75, 3.05) is 7.11 Å². The van der Waals surface area contributed by atoms with E-state index in [1.807, 2.05) is 30.3 Å². The predicted octanol–water partition coefficient (Wildman–Crippen LogP) is 2.07. The molecular formula is C14H12O4. The zero-order chi connectivity index (χ0) is 13.0. The summed E-state index contributed by atoms with van der Waals surface area (Å²) >= 11 is 0. The van der Waals surface area contributed by atoms with Gasteiger partial charge in [-0.1, -0.05) is 36.4 Å². The van der Waals surface area contributed by atoms with Gasteiger partial charge < -0.3 is 9.47 Å².